The largest absolute Gasteiger partial charge is 0.431 e. The summed E-state index contributed by atoms with van der Waals surface area (Å²) in [5, 5.41) is 0. The first-order valence-electron chi connectivity index (χ1n) is 10.1. The van der Waals surface area contributed by atoms with Crippen LogP contribution >= 0.6 is 0 Å². The minimum absolute atomic E-state index is 0.101. The SMILES string of the molecule is CCCCCC1CCC(C(=O)OC2=Cc3cc(F)c(F)c(F)c3CC2)CC1. The standard InChI is InChI=1S/C22H27F3O2/c1-2-3-4-5-14-6-8-15(9-7-14)22(26)27-17-10-11-18-16(12-17)13-19(23)21(25)20(18)24/h12-15H,2-11H2,1H3. The summed E-state index contributed by atoms with van der Waals surface area (Å²) in [4.78, 5) is 12.5. The van der Waals surface area contributed by atoms with E-state index in [4.69, 9.17) is 4.74 Å². The second-order valence-corrected chi connectivity index (χ2v) is 7.80. The summed E-state index contributed by atoms with van der Waals surface area (Å²) in [6, 6.07) is 0.961. The lowest BCUT2D eigenvalue weighted by molar-refractivity contribution is -0.145. The van der Waals surface area contributed by atoms with Gasteiger partial charge in [0.15, 0.2) is 17.5 Å². The van der Waals surface area contributed by atoms with Crippen LogP contribution in [0.2, 0.25) is 0 Å². The third-order valence-corrected chi connectivity index (χ3v) is 5.86. The Morgan fingerprint density at radius 1 is 1.07 bits per heavy atom. The molecule has 2 nitrogen and oxygen atoms in total. The van der Waals surface area contributed by atoms with Crippen LogP contribution in [-0.4, -0.2) is 5.97 Å². The van der Waals surface area contributed by atoms with Crippen LogP contribution in [0.15, 0.2) is 11.8 Å². The van der Waals surface area contributed by atoms with Crippen LogP contribution in [0, 0.1) is 29.3 Å². The Kier molecular flexibility index (Phi) is 6.61. The third kappa shape index (κ3) is 4.74. The van der Waals surface area contributed by atoms with Crippen LogP contribution in [0.1, 0.15) is 75.8 Å². The normalized spacial score (nSPS) is 22.1. The summed E-state index contributed by atoms with van der Waals surface area (Å²) in [7, 11) is 0. The van der Waals surface area contributed by atoms with Crippen molar-refractivity contribution < 1.29 is 22.7 Å². The molecule has 3 rings (SSSR count). The Bertz CT molecular complexity index is 719. The molecule has 148 valence electrons. The molecule has 0 saturated heterocycles. The summed E-state index contributed by atoms with van der Waals surface area (Å²) in [5.74, 6) is -3.05. The molecule has 0 aromatic heterocycles. The molecular weight excluding hydrogens is 353 g/mol. The zero-order valence-corrected chi connectivity index (χ0v) is 15.8. The summed E-state index contributed by atoms with van der Waals surface area (Å²) < 4.78 is 46.1. The van der Waals surface area contributed by atoms with Gasteiger partial charge in [-0.25, -0.2) is 13.2 Å². The highest BCUT2D eigenvalue weighted by Crippen LogP contribution is 2.34. The Balaban J connectivity index is 1.56. The van der Waals surface area contributed by atoms with Gasteiger partial charge in [0.05, 0.1) is 5.92 Å². The number of benzene rings is 1. The number of ether oxygens (including phenoxy) is 1. The quantitative estimate of drug-likeness (QED) is 0.328. The highest BCUT2D eigenvalue weighted by atomic mass is 19.2. The first-order chi connectivity index (χ1) is 13.0. The molecule has 0 spiro atoms. The molecule has 0 amide bonds. The van der Waals surface area contributed by atoms with Crippen LogP contribution in [-0.2, 0) is 16.0 Å². The predicted molar refractivity (Wildman–Crippen MR) is 98.3 cm³/mol. The average molecular weight is 380 g/mol. The van der Waals surface area contributed by atoms with Crippen molar-refractivity contribution in [1.29, 1.82) is 0 Å². The van der Waals surface area contributed by atoms with Crippen LogP contribution in [0.5, 0.6) is 0 Å². The van der Waals surface area contributed by atoms with Crippen molar-refractivity contribution in [3.05, 3.63) is 40.4 Å². The van der Waals surface area contributed by atoms with E-state index in [9.17, 15) is 18.0 Å². The highest BCUT2D eigenvalue weighted by molar-refractivity contribution is 5.75. The number of unbranched alkanes of at least 4 members (excludes halogenated alkanes) is 2. The van der Waals surface area contributed by atoms with Gasteiger partial charge < -0.3 is 4.74 Å². The van der Waals surface area contributed by atoms with Crippen LogP contribution in [0.25, 0.3) is 6.08 Å². The zero-order valence-electron chi connectivity index (χ0n) is 15.8. The van der Waals surface area contributed by atoms with E-state index >= 15 is 0 Å². The molecule has 1 aromatic rings. The first kappa shape index (κ1) is 20.0. The maximum atomic E-state index is 13.8. The molecule has 0 unspecified atom stereocenters. The van der Waals surface area contributed by atoms with Gasteiger partial charge >= 0.3 is 5.97 Å². The van der Waals surface area contributed by atoms with Crippen molar-refractivity contribution in [1.82, 2.24) is 0 Å². The smallest absolute Gasteiger partial charge is 0.314 e. The summed E-state index contributed by atoms with van der Waals surface area (Å²) >= 11 is 0. The number of halogens is 3. The monoisotopic (exact) mass is 380 g/mol. The molecule has 2 aliphatic rings. The Hall–Kier alpha value is -1.78. The Morgan fingerprint density at radius 3 is 2.52 bits per heavy atom. The minimum atomic E-state index is -1.45. The lowest BCUT2D eigenvalue weighted by atomic mass is 9.80. The zero-order chi connectivity index (χ0) is 19.4. The van der Waals surface area contributed by atoms with Crippen molar-refractivity contribution >= 4 is 12.0 Å². The third-order valence-electron chi connectivity index (χ3n) is 5.86. The van der Waals surface area contributed by atoms with E-state index < -0.39 is 17.5 Å². The van der Waals surface area contributed by atoms with Gasteiger partial charge in [-0.3, -0.25) is 4.79 Å². The van der Waals surface area contributed by atoms with Gasteiger partial charge in [-0.1, -0.05) is 32.6 Å². The first-order valence-corrected chi connectivity index (χ1v) is 10.1. The fraction of sp³-hybridized carbons (Fsp3) is 0.591. The van der Waals surface area contributed by atoms with E-state index in [-0.39, 0.29) is 29.4 Å². The van der Waals surface area contributed by atoms with Crippen molar-refractivity contribution in [2.24, 2.45) is 11.8 Å². The molecule has 0 bridgehead atoms. The average Bonchev–Trinajstić information content (AvgIpc) is 2.67. The van der Waals surface area contributed by atoms with Crippen molar-refractivity contribution in [2.45, 2.75) is 71.1 Å². The van der Waals surface area contributed by atoms with Crippen LogP contribution < -0.4 is 0 Å². The number of hydrogen-bond donors (Lipinski definition) is 0. The fourth-order valence-electron chi connectivity index (χ4n) is 4.19. The fourth-order valence-corrected chi connectivity index (χ4v) is 4.19. The second kappa shape index (κ2) is 8.94. The van der Waals surface area contributed by atoms with Gasteiger partial charge in [0.1, 0.15) is 5.76 Å². The maximum absolute atomic E-state index is 13.8. The van der Waals surface area contributed by atoms with E-state index in [1.54, 1.807) is 0 Å². The van der Waals surface area contributed by atoms with Gasteiger partial charge in [-0.15, -0.1) is 0 Å². The van der Waals surface area contributed by atoms with E-state index in [0.717, 1.165) is 31.7 Å². The molecule has 0 atom stereocenters. The molecule has 0 radical (unpaired) electrons. The summed E-state index contributed by atoms with van der Waals surface area (Å²) in [6.07, 6.45) is 10.8. The molecule has 0 heterocycles. The predicted octanol–water partition coefficient (Wildman–Crippen LogP) is 6.32. The Labute approximate surface area is 158 Å². The Morgan fingerprint density at radius 2 is 1.81 bits per heavy atom. The van der Waals surface area contributed by atoms with Crippen LogP contribution in [0.4, 0.5) is 13.2 Å². The van der Waals surface area contributed by atoms with Gasteiger partial charge in [-0.05, 0) is 61.3 Å². The molecule has 5 heteroatoms. The molecule has 1 aromatic carbocycles. The number of fused-ring (bicyclic) bond motifs is 1. The highest BCUT2D eigenvalue weighted by Gasteiger charge is 2.29. The van der Waals surface area contributed by atoms with E-state index in [0.29, 0.717) is 18.1 Å². The maximum Gasteiger partial charge on any atom is 0.314 e. The molecule has 0 aliphatic heterocycles. The van der Waals surface area contributed by atoms with E-state index in [1.165, 1.54) is 31.8 Å². The molecule has 1 fully saturated rings. The van der Waals surface area contributed by atoms with Gasteiger partial charge in [0.2, 0.25) is 0 Å². The number of esters is 1. The van der Waals surface area contributed by atoms with Crippen molar-refractivity contribution in [3.63, 3.8) is 0 Å². The lowest BCUT2D eigenvalue weighted by Gasteiger charge is -2.28. The topological polar surface area (TPSA) is 26.3 Å². The van der Waals surface area contributed by atoms with Gasteiger partial charge in [0.25, 0.3) is 0 Å². The minimum Gasteiger partial charge on any atom is -0.431 e. The molecule has 0 N–H and O–H groups in total. The second-order valence-electron chi connectivity index (χ2n) is 7.80. The number of carbonyl (C=O) groups excluding carboxylic acids is 1. The number of hydrogen-bond acceptors (Lipinski definition) is 2. The number of rotatable bonds is 6. The van der Waals surface area contributed by atoms with Crippen molar-refractivity contribution in [3.8, 4) is 0 Å². The lowest BCUT2D eigenvalue weighted by Crippen LogP contribution is -2.24. The summed E-state index contributed by atoms with van der Waals surface area (Å²) in [6.45, 7) is 2.20. The molecule has 27 heavy (non-hydrogen) atoms. The number of allylic oxidation sites excluding steroid dienone is 1. The molecular formula is C22H27F3O2. The molecule has 2 aliphatic carbocycles. The molecule has 1 saturated carbocycles. The number of carbonyl (C=O) groups is 1. The van der Waals surface area contributed by atoms with Gasteiger partial charge in [0, 0.05) is 6.42 Å². The summed E-state index contributed by atoms with van der Waals surface area (Å²) in [5.41, 5.74) is 0.390. The van der Waals surface area contributed by atoms with E-state index in [2.05, 4.69) is 6.92 Å². The van der Waals surface area contributed by atoms with Gasteiger partial charge in [-0.2, -0.15) is 0 Å². The van der Waals surface area contributed by atoms with E-state index in [1.807, 2.05) is 0 Å². The van der Waals surface area contributed by atoms with Crippen molar-refractivity contribution in [2.75, 3.05) is 0 Å². The van der Waals surface area contributed by atoms with Crippen LogP contribution in [0.3, 0.4) is 0 Å².